The molecule has 1 aliphatic rings. The zero-order valence-electron chi connectivity index (χ0n) is 15.4. The third-order valence-corrected chi connectivity index (χ3v) is 5.10. The number of carbonyl (C=O) groups excluding carboxylic acids is 1. The fourth-order valence-electron chi connectivity index (χ4n) is 3.47. The number of hydrogen-bond acceptors (Lipinski definition) is 4. The number of hydrogen-bond donors (Lipinski definition) is 0. The summed E-state index contributed by atoms with van der Waals surface area (Å²) in [5, 5.41) is 4.43. The van der Waals surface area contributed by atoms with Gasteiger partial charge in [-0.3, -0.25) is 19.4 Å². The van der Waals surface area contributed by atoms with Crippen LogP contribution in [0.5, 0.6) is 0 Å². The number of rotatable bonds is 5. The Morgan fingerprint density at radius 3 is 2.56 bits per heavy atom. The second-order valence-electron chi connectivity index (χ2n) is 6.79. The van der Waals surface area contributed by atoms with Crippen LogP contribution >= 0.6 is 0 Å². The van der Waals surface area contributed by atoms with Gasteiger partial charge in [-0.25, -0.2) is 0 Å². The molecule has 134 valence electrons. The predicted molar refractivity (Wildman–Crippen MR) is 97.1 cm³/mol. The normalized spacial score (nSPS) is 15.6. The second kappa shape index (κ2) is 7.78. The molecule has 1 aliphatic heterocycles. The summed E-state index contributed by atoms with van der Waals surface area (Å²) in [6, 6.07) is 4.07. The van der Waals surface area contributed by atoms with Gasteiger partial charge in [-0.1, -0.05) is 6.07 Å². The zero-order valence-corrected chi connectivity index (χ0v) is 15.4. The van der Waals surface area contributed by atoms with Gasteiger partial charge < -0.3 is 4.90 Å². The molecule has 3 heterocycles. The summed E-state index contributed by atoms with van der Waals surface area (Å²) < 4.78 is 1.90. The van der Waals surface area contributed by atoms with Gasteiger partial charge in [0.05, 0.1) is 5.69 Å². The van der Waals surface area contributed by atoms with E-state index in [-0.39, 0.29) is 5.91 Å². The van der Waals surface area contributed by atoms with Crippen molar-refractivity contribution in [3.63, 3.8) is 0 Å². The molecular formula is C19H27N5O. The van der Waals surface area contributed by atoms with Crippen LogP contribution in [0.25, 0.3) is 0 Å². The maximum atomic E-state index is 12.5. The van der Waals surface area contributed by atoms with Crippen LogP contribution in [0.3, 0.4) is 0 Å². The zero-order chi connectivity index (χ0) is 17.8. The van der Waals surface area contributed by atoms with Crippen LogP contribution < -0.4 is 0 Å². The minimum Gasteiger partial charge on any atom is -0.340 e. The molecule has 2 aromatic rings. The largest absolute Gasteiger partial charge is 0.340 e. The first kappa shape index (κ1) is 17.6. The topological polar surface area (TPSA) is 54.3 Å². The molecular weight excluding hydrogens is 314 g/mol. The van der Waals surface area contributed by atoms with E-state index in [1.54, 1.807) is 6.20 Å². The van der Waals surface area contributed by atoms with E-state index in [0.717, 1.165) is 50.5 Å². The molecule has 0 atom stereocenters. The molecule has 6 heteroatoms. The van der Waals surface area contributed by atoms with E-state index in [2.05, 4.69) is 28.0 Å². The third kappa shape index (κ3) is 4.25. The highest BCUT2D eigenvalue weighted by atomic mass is 16.2. The van der Waals surface area contributed by atoms with Gasteiger partial charge in [-0.05, 0) is 37.5 Å². The molecule has 0 radical (unpaired) electrons. The lowest BCUT2D eigenvalue weighted by Gasteiger charge is -2.34. The van der Waals surface area contributed by atoms with Gasteiger partial charge in [0, 0.05) is 64.3 Å². The molecule has 1 saturated heterocycles. The van der Waals surface area contributed by atoms with Gasteiger partial charge in [0.1, 0.15) is 0 Å². The number of carbonyl (C=O) groups is 1. The standard InChI is InChI=1S/C19H27N5O/c1-15-18(16(2)22(3)21-15)6-7-19(25)24-11-9-23(10-12-24)14-17-5-4-8-20-13-17/h4-5,8,13H,6-7,9-12,14H2,1-3H3. The molecule has 0 aromatic carbocycles. The van der Waals surface area contributed by atoms with Gasteiger partial charge in [0.25, 0.3) is 0 Å². The highest BCUT2D eigenvalue weighted by Crippen LogP contribution is 2.15. The molecule has 1 amide bonds. The second-order valence-corrected chi connectivity index (χ2v) is 6.79. The maximum Gasteiger partial charge on any atom is 0.222 e. The van der Waals surface area contributed by atoms with Crippen LogP contribution in [0.1, 0.15) is 28.9 Å². The van der Waals surface area contributed by atoms with Gasteiger partial charge in [-0.2, -0.15) is 5.10 Å². The summed E-state index contributed by atoms with van der Waals surface area (Å²) in [6.07, 6.45) is 5.05. The number of aromatic nitrogens is 3. The van der Waals surface area contributed by atoms with Gasteiger partial charge in [-0.15, -0.1) is 0 Å². The molecule has 25 heavy (non-hydrogen) atoms. The van der Waals surface area contributed by atoms with Crippen molar-refractivity contribution in [2.24, 2.45) is 7.05 Å². The number of piperazine rings is 1. The summed E-state index contributed by atoms with van der Waals surface area (Å²) in [5.74, 6) is 0.253. The van der Waals surface area contributed by atoms with Crippen LogP contribution in [0.4, 0.5) is 0 Å². The number of amides is 1. The fraction of sp³-hybridized carbons (Fsp3) is 0.526. The first-order chi connectivity index (χ1) is 12.0. The lowest BCUT2D eigenvalue weighted by molar-refractivity contribution is -0.133. The highest BCUT2D eigenvalue weighted by molar-refractivity contribution is 5.76. The smallest absolute Gasteiger partial charge is 0.222 e. The molecule has 0 spiro atoms. The van der Waals surface area contributed by atoms with Gasteiger partial charge >= 0.3 is 0 Å². The van der Waals surface area contributed by atoms with E-state index in [1.165, 1.54) is 11.1 Å². The van der Waals surface area contributed by atoms with Gasteiger partial charge in [0.2, 0.25) is 5.91 Å². The average Bonchev–Trinajstić information content (AvgIpc) is 2.86. The van der Waals surface area contributed by atoms with Crippen LogP contribution in [-0.4, -0.2) is 56.7 Å². The van der Waals surface area contributed by atoms with Crippen molar-refractivity contribution in [2.45, 2.75) is 33.2 Å². The lowest BCUT2D eigenvalue weighted by Crippen LogP contribution is -2.48. The van der Waals surface area contributed by atoms with E-state index in [9.17, 15) is 4.79 Å². The monoisotopic (exact) mass is 341 g/mol. The minimum absolute atomic E-state index is 0.253. The summed E-state index contributed by atoms with van der Waals surface area (Å²) in [4.78, 5) is 21.1. The third-order valence-electron chi connectivity index (χ3n) is 5.10. The molecule has 1 fully saturated rings. The molecule has 2 aromatic heterocycles. The summed E-state index contributed by atoms with van der Waals surface area (Å²) in [7, 11) is 1.95. The molecule has 6 nitrogen and oxygen atoms in total. The molecule has 0 bridgehead atoms. The van der Waals surface area contributed by atoms with E-state index in [1.807, 2.05) is 35.8 Å². The van der Waals surface area contributed by atoms with Gasteiger partial charge in [0.15, 0.2) is 0 Å². The van der Waals surface area contributed by atoms with E-state index in [4.69, 9.17) is 0 Å². The Labute approximate surface area is 149 Å². The number of nitrogens with zero attached hydrogens (tertiary/aromatic N) is 5. The van der Waals surface area contributed by atoms with Crippen molar-refractivity contribution >= 4 is 5.91 Å². The van der Waals surface area contributed by atoms with Crippen LogP contribution in [-0.2, 0) is 24.8 Å². The highest BCUT2D eigenvalue weighted by Gasteiger charge is 2.21. The maximum absolute atomic E-state index is 12.5. The van der Waals surface area contributed by atoms with E-state index in [0.29, 0.717) is 6.42 Å². The molecule has 0 aliphatic carbocycles. The quantitative estimate of drug-likeness (QED) is 0.831. The summed E-state index contributed by atoms with van der Waals surface area (Å²) in [5.41, 5.74) is 4.64. The van der Waals surface area contributed by atoms with Crippen molar-refractivity contribution in [3.05, 3.63) is 47.0 Å². The van der Waals surface area contributed by atoms with Crippen LogP contribution in [0.2, 0.25) is 0 Å². The molecule has 0 unspecified atom stereocenters. The lowest BCUT2D eigenvalue weighted by atomic mass is 10.1. The Morgan fingerprint density at radius 1 is 1.20 bits per heavy atom. The summed E-state index contributed by atoms with van der Waals surface area (Å²) in [6.45, 7) is 8.45. The van der Waals surface area contributed by atoms with Crippen molar-refractivity contribution in [1.29, 1.82) is 0 Å². The average molecular weight is 341 g/mol. The predicted octanol–water partition coefficient (Wildman–Crippen LogP) is 1.71. The Kier molecular flexibility index (Phi) is 5.48. The first-order valence-corrected chi connectivity index (χ1v) is 8.92. The van der Waals surface area contributed by atoms with E-state index >= 15 is 0 Å². The van der Waals surface area contributed by atoms with Crippen LogP contribution in [0, 0.1) is 13.8 Å². The summed E-state index contributed by atoms with van der Waals surface area (Å²) >= 11 is 0. The Balaban J connectivity index is 1.47. The van der Waals surface area contributed by atoms with Crippen molar-refractivity contribution in [2.75, 3.05) is 26.2 Å². The van der Waals surface area contributed by atoms with E-state index < -0.39 is 0 Å². The SMILES string of the molecule is Cc1nn(C)c(C)c1CCC(=O)N1CCN(Cc2cccnc2)CC1. The fourth-order valence-corrected chi connectivity index (χ4v) is 3.47. The number of aryl methyl sites for hydroxylation is 2. The minimum atomic E-state index is 0.253. The molecule has 0 N–H and O–H groups in total. The molecule has 0 saturated carbocycles. The van der Waals surface area contributed by atoms with Crippen molar-refractivity contribution in [1.82, 2.24) is 24.6 Å². The Hall–Kier alpha value is -2.21. The van der Waals surface area contributed by atoms with Crippen molar-refractivity contribution in [3.8, 4) is 0 Å². The Morgan fingerprint density at radius 2 is 1.96 bits per heavy atom. The Bertz CT molecular complexity index is 717. The van der Waals surface area contributed by atoms with Crippen LogP contribution in [0.15, 0.2) is 24.5 Å². The number of pyridine rings is 1. The van der Waals surface area contributed by atoms with Crippen molar-refractivity contribution < 1.29 is 4.79 Å². The first-order valence-electron chi connectivity index (χ1n) is 8.92. The molecule has 3 rings (SSSR count).